The highest BCUT2D eigenvalue weighted by molar-refractivity contribution is 7.99. The fourth-order valence-electron chi connectivity index (χ4n) is 4.62. The second-order valence-corrected chi connectivity index (χ2v) is 8.82. The molecule has 3 fully saturated rings. The number of hydrogen-bond acceptors (Lipinski definition) is 4. The third-order valence-corrected chi connectivity index (χ3v) is 7.20. The first-order valence-electron chi connectivity index (χ1n) is 9.35. The van der Waals surface area contributed by atoms with Crippen LogP contribution in [0.2, 0.25) is 5.02 Å². The Morgan fingerprint density at radius 3 is 2.43 bits per heavy atom. The number of halogens is 1. The van der Waals surface area contributed by atoms with Gasteiger partial charge in [-0.1, -0.05) is 54.1 Å². The zero-order chi connectivity index (χ0) is 19.3. The molecule has 142 valence electrons. The molecule has 0 saturated carbocycles. The number of carbonyl (C=O) groups excluding carboxylic acids is 2. The monoisotopic (exact) mass is 410 g/mol. The summed E-state index contributed by atoms with van der Waals surface area (Å²) in [6.07, 6.45) is 4.17. The Bertz CT molecular complexity index is 947. The predicted octanol–water partition coefficient (Wildman–Crippen LogP) is 3.92. The van der Waals surface area contributed by atoms with E-state index in [0.717, 1.165) is 17.2 Å². The van der Waals surface area contributed by atoms with Gasteiger partial charge in [-0.05, 0) is 29.8 Å². The molecule has 28 heavy (non-hydrogen) atoms. The summed E-state index contributed by atoms with van der Waals surface area (Å²) in [5.74, 6) is 0.982. The van der Waals surface area contributed by atoms with Gasteiger partial charge in [0.25, 0.3) is 0 Å². The van der Waals surface area contributed by atoms with E-state index in [1.165, 1.54) is 4.90 Å². The number of carbonyl (C=O) groups is 2. The van der Waals surface area contributed by atoms with Gasteiger partial charge in [0.1, 0.15) is 0 Å². The third kappa shape index (κ3) is 2.81. The van der Waals surface area contributed by atoms with Crippen molar-refractivity contribution in [1.29, 1.82) is 0 Å². The van der Waals surface area contributed by atoms with E-state index in [1.807, 2.05) is 42.1 Å². The maximum atomic E-state index is 13.3. The van der Waals surface area contributed by atoms with Gasteiger partial charge in [0, 0.05) is 28.7 Å². The number of benzene rings is 2. The summed E-state index contributed by atoms with van der Waals surface area (Å²) >= 11 is 7.81. The molecule has 2 aromatic carbocycles. The van der Waals surface area contributed by atoms with E-state index >= 15 is 0 Å². The van der Waals surface area contributed by atoms with Crippen LogP contribution in [0.25, 0.3) is 6.08 Å². The lowest BCUT2D eigenvalue weighted by Gasteiger charge is -2.25. The van der Waals surface area contributed by atoms with Crippen molar-refractivity contribution in [3.05, 3.63) is 71.3 Å². The lowest BCUT2D eigenvalue weighted by atomic mass is 9.89. The second kappa shape index (κ2) is 7.07. The van der Waals surface area contributed by atoms with Crippen LogP contribution in [0, 0.1) is 11.8 Å². The van der Waals surface area contributed by atoms with Gasteiger partial charge < -0.3 is 0 Å². The van der Waals surface area contributed by atoms with E-state index in [-0.39, 0.29) is 35.7 Å². The summed E-state index contributed by atoms with van der Waals surface area (Å²) in [5.41, 5.74) is 1.71. The Kier molecular flexibility index (Phi) is 4.54. The van der Waals surface area contributed by atoms with Gasteiger partial charge in [-0.2, -0.15) is 0 Å². The number of imide groups is 1. The summed E-state index contributed by atoms with van der Waals surface area (Å²) < 4.78 is 0. The molecule has 4 nitrogen and oxygen atoms in total. The topological polar surface area (TPSA) is 40.6 Å². The molecule has 3 saturated heterocycles. The van der Waals surface area contributed by atoms with Gasteiger partial charge in [-0.3, -0.25) is 14.5 Å². The van der Waals surface area contributed by atoms with Gasteiger partial charge in [-0.15, -0.1) is 11.8 Å². The first-order chi connectivity index (χ1) is 13.6. The highest BCUT2D eigenvalue weighted by Gasteiger charge is 2.62. The minimum absolute atomic E-state index is 0.0565. The number of amides is 2. The Labute approximate surface area is 173 Å². The highest BCUT2D eigenvalue weighted by Crippen LogP contribution is 2.48. The summed E-state index contributed by atoms with van der Waals surface area (Å²) in [6, 6.07) is 17.1. The largest absolute Gasteiger partial charge is 0.282 e. The van der Waals surface area contributed by atoms with Crippen molar-refractivity contribution in [2.24, 2.45) is 11.8 Å². The van der Waals surface area contributed by atoms with E-state index in [1.54, 1.807) is 24.3 Å². The summed E-state index contributed by atoms with van der Waals surface area (Å²) in [6.45, 7) is 0. The third-order valence-electron chi connectivity index (χ3n) is 5.89. The molecule has 0 aliphatic carbocycles. The molecule has 0 aromatic heterocycles. The molecule has 0 radical (unpaired) electrons. The van der Waals surface area contributed by atoms with Crippen LogP contribution in [-0.4, -0.2) is 40.4 Å². The predicted molar refractivity (Wildman–Crippen MR) is 113 cm³/mol. The molecule has 3 aliphatic rings. The van der Waals surface area contributed by atoms with E-state index in [9.17, 15) is 9.59 Å². The highest BCUT2D eigenvalue weighted by atomic mass is 35.5. The molecule has 3 heterocycles. The Hall–Kier alpha value is -2.08. The van der Waals surface area contributed by atoms with Crippen molar-refractivity contribution in [2.45, 2.75) is 12.1 Å². The lowest BCUT2D eigenvalue weighted by molar-refractivity contribution is -0.123. The summed E-state index contributed by atoms with van der Waals surface area (Å²) in [4.78, 5) is 30.3. The summed E-state index contributed by atoms with van der Waals surface area (Å²) in [5, 5.41) is 0.588. The number of rotatable bonds is 3. The quantitative estimate of drug-likeness (QED) is 0.719. The molecule has 6 heteroatoms. The SMILES string of the molecule is O=C1[C@@H]2[C@H](C(=O)N1c1ccc(Cl)cc1)[C@H]1CSCN1[C@H]2/C=C/c1ccccc1. The van der Waals surface area contributed by atoms with Gasteiger partial charge in [0.05, 0.1) is 17.5 Å². The molecule has 4 atom stereocenters. The average Bonchev–Trinajstić information content (AvgIpc) is 3.35. The van der Waals surface area contributed by atoms with E-state index in [2.05, 4.69) is 17.1 Å². The number of fused-ring (bicyclic) bond motifs is 3. The Balaban J connectivity index is 1.50. The molecule has 5 rings (SSSR count). The van der Waals surface area contributed by atoms with Crippen LogP contribution in [0.4, 0.5) is 5.69 Å². The van der Waals surface area contributed by atoms with E-state index < -0.39 is 0 Å². The zero-order valence-electron chi connectivity index (χ0n) is 15.1. The lowest BCUT2D eigenvalue weighted by Crippen LogP contribution is -2.42. The Morgan fingerprint density at radius 2 is 1.68 bits per heavy atom. The van der Waals surface area contributed by atoms with Gasteiger partial charge in [-0.25, -0.2) is 4.90 Å². The van der Waals surface area contributed by atoms with E-state index in [4.69, 9.17) is 11.6 Å². The molecule has 0 unspecified atom stereocenters. The van der Waals surface area contributed by atoms with Crippen molar-refractivity contribution in [2.75, 3.05) is 16.5 Å². The van der Waals surface area contributed by atoms with Crippen LogP contribution in [0.5, 0.6) is 0 Å². The molecule has 2 aromatic rings. The smallest absolute Gasteiger partial charge is 0.239 e. The molecular formula is C22H19ClN2O2S. The minimum Gasteiger partial charge on any atom is -0.282 e. The maximum Gasteiger partial charge on any atom is 0.239 e. The molecular weight excluding hydrogens is 392 g/mol. The fourth-order valence-corrected chi connectivity index (χ4v) is 6.06. The first kappa shape index (κ1) is 18.0. The zero-order valence-corrected chi connectivity index (χ0v) is 16.6. The van der Waals surface area contributed by atoms with Crippen LogP contribution < -0.4 is 4.90 Å². The standard InChI is InChI=1S/C22H19ClN2O2S/c23-15-7-9-16(10-8-15)25-21(26)19-17(11-6-14-4-2-1-3-5-14)24-13-28-12-18(24)20(19)22(25)27/h1-11,17-20H,12-13H2/b11-6+/t17-,18+,19-,20+/m0/s1. The number of anilines is 1. The van der Waals surface area contributed by atoms with E-state index in [0.29, 0.717) is 10.7 Å². The van der Waals surface area contributed by atoms with Crippen LogP contribution in [-0.2, 0) is 9.59 Å². The molecule has 0 spiro atoms. The van der Waals surface area contributed by atoms with Crippen molar-refractivity contribution >= 4 is 46.9 Å². The number of thioether (sulfide) groups is 1. The molecule has 2 amide bonds. The van der Waals surface area contributed by atoms with Crippen LogP contribution in [0.3, 0.4) is 0 Å². The van der Waals surface area contributed by atoms with Crippen molar-refractivity contribution in [1.82, 2.24) is 4.90 Å². The van der Waals surface area contributed by atoms with Gasteiger partial charge in [0.15, 0.2) is 0 Å². The minimum atomic E-state index is -0.325. The Morgan fingerprint density at radius 1 is 0.964 bits per heavy atom. The fraction of sp³-hybridized carbons (Fsp3) is 0.273. The van der Waals surface area contributed by atoms with Crippen LogP contribution >= 0.6 is 23.4 Å². The molecule has 3 aliphatic heterocycles. The van der Waals surface area contributed by atoms with Gasteiger partial charge in [0.2, 0.25) is 11.8 Å². The normalized spacial score (nSPS) is 29.7. The van der Waals surface area contributed by atoms with Crippen LogP contribution in [0.15, 0.2) is 60.7 Å². The number of nitrogens with zero attached hydrogens (tertiary/aromatic N) is 2. The summed E-state index contributed by atoms with van der Waals surface area (Å²) in [7, 11) is 0. The van der Waals surface area contributed by atoms with Crippen molar-refractivity contribution in [3.8, 4) is 0 Å². The average molecular weight is 411 g/mol. The van der Waals surface area contributed by atoms with Crippen molar-refractivity contribution in [3.63, 3.8) is 0 Å². The first-order valence-corrected chi connectivity index (χ1v) is 10.9. The van der Waals surface area contributed by atoms with Crippen LogP contribution in [0.1, 0.15) is 5.56 Å². The number of hydrogen-bond donors (Lipinski definition) is 0. The maximum absolute atomic E-state index is 13.3. The molecule has 0 N–H and O–H groups in total. The second-order valence-electron chi connectivity index (χ2n) is 7.38. The molecule has 0 bridgehead atoms. The van der Waals surface area contributed by atoms with Crippen molar-refractivity contribution < 1.29 is 9.59 Å². The van der Waals surface area contributed by atoms with Gasteiger partial charge >= 0.3 is 0 Å².